The predicted molar refractivity (Wildman–Crippen MR) is 61.5 cm³/mol. The highest BCUT2D eigenvalue weighted by Gasteiger charge is 2.13. The second-order valence-electron chi connectivity index (χ2n) is 3.60. The maximum atomic E-state index is 11.6. The summed E-state index contributed by atoms with van der Waals surface area (Å²) in [6.45, 7) is 2.07. The Bertz CT molecular complexity index is 719. The lowest BCUT2D eigenvalue weighted by Crippen LogP contribution is -2.10. The number of thiophene rings is 1. The van der Waals surface area contributed by atoms with Crippen molar-refractivity contribution in [1.29, 1.82) is 0 Å². The molecule has 0 radical (unpaired) electrons. The van der Waals surface area contributed by atoms with Crippen molar-refractivity contribution in [1.82, 2.24) is 14.8 Å². The van der Waals surface area contributed by atoms with Crippen LogP contribution in [0.15, 0.2) is 17.1 Å². The summed E-state index contributed by atoms with van der Waals surface area (Å²) < 4.78 is 1.93. The van der Waals surface area contributed by atoms with Gasteiger partial charge in [0.05, 0.1) is 6.20 Å². The second kappa shape index (κ2) is 2.70. The van der Waals surface area contributed by atoms with E-state index in [1.54, 1.807) is 17.5 Å². The molecule has 0 atom stereocenters. The number of rotatable bonds is 0. The maximum absolute atomic E-state index is 11.6. The first-order chi connectivity index (χ1) is 7.18. The quantitative estimate of drug-likeness (QED) is 0.626. The van der Waals surface area contributed by atoms with Gasteiger partial charge in [-0.05, 0) is 13.0 Å². The van der Waals surface area contributed by atoms with Crippen LogP contribution in [0.2, 0.25) is 0 Å². The molecule has 0 unspecified atom stereocenters. The summed E-state index contributed by atoms with van der Waals surface area (Å²) in [6.07, 6.45) is 1.71. The van der Waals surface area contributed by atoms with E-state index < -0.39 is 0 Å². The van der Waals surface area contributed by atoms with Gasteiger partial charge in [0.1, 0.15) is 10.3 Å². The molecule has 1 N–H and O–H groups in total. The van der Waals surface area contributed by atoms with Crippen LogP contribution in [0.3, 0.4) is 0 Å². The van der Waals surface area contributed by atoms with E-state index in [2.05, 4.69) is 23.2 Å². The highest BCUT2D eigenvalue weighted by Crippen LogP contribution is 2.31. The molecule has 3 rings (SSSR count). The summed E-state index contributed by atoms with van der Waals surface area (Å²) in [7, 11) is 1.91. The monoisotopic (exact) mass is 219 g/mol. The van der Waals surface area contributed by atoms with Gasteiger partial charge in [-0.2, -0.15) is 5.10 Å². The molecule has 76 valence electrons. The molecular weight excluding hydrogens is 210 g/mol. The summed E-state index contributed by atoms with van der Waals surface area (Å²) in [5, 5.41) is 8.35. The molecule has 3 aromatic heterocycles. The first kappa shape index (κ1) is 8.67. The summed E-state index contributed by atoms with van der Waals surface area (Å²) in [5.74, 6) is 0. The van der Waals surface area contributed by atoms with Crippen molar-refractivity contribution in [3.05, 3.63) is 27.5 Å². The number of aryl methyl sites for hydroxylation is 2. The van der Waals surface area contributed by atoms with Gasteiger partial charge in [0.25, 0.3) is 5.56 Å². The highest BCUT2D eigenvalue weighted by atomic mass is 32.1. The molecule has 0 fully saturated rings. The van der Waals surface area contributed by atoms with Crippen LogP contribution in [-0.4, -0.2) is 14.8 Å². The molecule has 0 spiro atoms. The van der Waals surface area contributed by atoms with Crippen molar-refractivity contribution in [2.45, 2.75) is 6.92 Å². The van der Waals surface area contributed by atoms with Crippen molar-refractivity contribution < 1.29 is 0 Å². The third-order valence-corrected chi connectivity index (χ3v) is 3.72. The first-order valence-electron chi connectivity index (χ1n) is 4.60. The average molecular weight is 219 g/mol. The molecule has 0 amide bonds. The van der Waals surface area contributed by atoms with Crippen LogP contribution in [0.25, 0.3) is 21.1 Å². The van der Waals surface area contributed by atoms with Gasteiger partial charge in [-0.3, -0.25) is 4.79 Å². The Morgan fingerprint density at radius 2 is 2.27 bits per heavy atom. The van der Waals surface area contributed by atoms with Gasteiger partial charge in [-0.1, -0.05) is 0 Å². The third-order valence-electron chi connectivity index (χ3n) is 2.60. The zero-order valence-electron chi connectivity index (χ0n) is 8.37. The Hall–Kier alpha value is -1.62. The molecule has 0 aromatic carbocycles. The van der Waals surface area contributed by atoms with E-state index in [1.807, 2.05) is 11.6 Å². The van der Waals surface area contributed by atoms with Crippen LogP contribution in [0, 0.1) is 6.92 Å². The Morgan fingerprint density at radius 1 is 1.47 bits per heavy atom. The number of aromatic nitrogens is 3. The Kier molecular flexibility index (Phi) is 1.56. The molecule has 15 heavy (non-hydrogen) atoms. The number of nitrogens with zero attached hydrogens (tertiary/aromatic N) is 2. The van der Waals surface area contributed by atoms with Gasteiger partial charge < -0.3 is 4.57 Å². The fraction of sp³-hybridized carbons (Fsp3) is 0.200. The predicted octanol–water partition coefficient (Wildman–Crippen LogP) is 1.78. The lowest BCUT2D eigenvalue weighted by atomic mass is 10.3. The largest absolute Gasteiger partial charge is 0.331 e. The summed E-state index contributed by atoms with van der Waals surface area (Å²) in [6, 6.07) is 2.10. The van der Waals surface area contributed by atoms with Crippen LogP contribution in [0.4, 0.5) is 0 Å². The normalized spacial score (nSPS) is 11.6. The Labute approximate surface area is 89.2 Å². The standard InChI is InChI=1S/C10H9N3OS/c1-5-3-6-7-4-11-12-9(14)8(7)13(2)10(6)15-5/h3-4H,1-2H3,(H,12,14). The van der Waals surface area contributed by atoms with Crippen molar-refractivity contribution in [2.24, 2.45) is 7.05 Å². The maximum Gasteiger partial charge on any atom is 0.288 e. The van der Waals surface area contributed by atoms with Crippen LogP contribution in [-0.2, 0) is 7.05 Å². The molecule has 5 heteroatoms. The van der Waals surface area contributed by atoms with Crippen molar-refractivity contribution in [3.63, 3.8) is 0 Å². The van der Waals surface area contributed by atoms with Gasteiger partial charge in [-0.15, -0.1) is 11.3 Å². The molecule has 3 aromatic rings. The van der Waals surface area contributed by atoms with E-state index in [4.69, 9.17) is 0 Å². The van der Waals surface area contributed by atoms with Crippen molar-refractivity contribution in [3.8, 4) is 0 Å². The molecule has 0 aliphatic carbocycles. The van der Waals surface area contributed by atoms with Crippen molar-refractivity contribution in [2.75, 3.05) is 0 Å². The molecule has 0 aliphatic heterocycles. The molecule has 4 nitrogen and oxygen atoms in total. The fourth-order valence-electron chi connectivity index (χ4n) is 1.97. The van der Waals surface area contributed by atoms with E-state index in [9.17, 15) is 4.79 Å². The Balaban J connectivity index is 2.71. The number of aromatic amines is 1. The Morgan fingerprint density at radius 3 is 3.07 bits per heavy atom. The summed E-state index contributed by atoms with van der Waals surface area (Å²) >= 11 is 1.70. The number of hydrogen-bond acceptors (Lipinski definition) is 3. The lowest BCUT2D eigenvalue weighted by Gasteiger charge is -1.93. The number of H-pyrrole nitrogens is 1. The van der Waals surface area contributed by atoms with Gasteiger partial charge >= 0.3 is 0 Å². The molecule has 3 heterocycles. The first-order valence-corrected chi connectivity index (χ1v) is 5.42. The molecule has 0 aliphatic rings. The number of nitrogens with one attached hydrogen (secondary N) is 1. The lowest BCUT2D eigenvalue weighted by molar-refractivity contribution is 0.962. The zero-order chi connectivity index (χ0) is 10.6. The van der Waals surface area contributed by atoms with Gasteiger partial charge in [-0.25, -0.2) is 5.10 Å². The van der Waals surface area contributed by atoms with Crippen LogP contribution < -0.4 is 5.56 Å². The zero-order valence-corrected chi connectivity index (χ0v) is 9.18. The van der Waals surface area contributed by atoms with E-state index in [0.717, 1.165) is 15.6 Å². The molecule has 0 saturated carbocycles. The number of fused-ring (bicyclic) bond motifs is 3. The molecular formula is C10H9N3OS. The topological polar surface area (TPSA) is 50.7 Å². The average Bonchev–Trinajstić information content (AvgIpc) is 2.68. The fourth-order valence-corrected chi connectivity index (χ4v) is 2.96. The van der Waals surface area contributed by atoms with Crippen molar-refractivity contribution >= 4 is 32.5 Å². The highest BCUT2D eigenvalue weighted by molar-refractivity contribution is 7.18. The summed E-state index contributed by atoms with van der Waals surface area (Å²) in [4.78, 5) is 14.0. The van der Waals surface area contributed by atoms with Gasteiger partial charge in [0.2, 0.25) is 0 Å². The second-order valence-corrected chi connectivity index (χ2v) is 4.83. The van der Waals surface area contributed by atoms with Gasteiger partial charge in [0, 0.05) is 22.7 Å². The van der Waals surface area contributed by atoms with Crippen LogP contribution in [0.1, 0.15) is 4.88 Å². The smallest absolute Gasteiger partial charge is 0.288 e. The van der Waals surface area contributed by atoms with E-state index in [-0.39, 0.29) is 5.56 Å². The van der Waals surface area contributed by atoms with E-state index in [1.165, 1.54) is 4.88 Å². The van der Waals surface area contributed by atoms with E-state index >= 15 is 0 Å². The van der Waals surface area contributed by atoms with Crippen LogP contribution >= 0.6 is 11.3 Å². The minimum atomic E-state index is -0.129. The minimum Gasteiger partial charge on any atom is -0.331 e. The summed E-state index contributed by atoms with van der Waals surface area (Å²) in [5.41, 5.74) is 0.572. The molecule has 0 saturated heterocycles. The SMILES string of the molecule is Cc1cc2c3cn[nH]c(=O)c3n(C)c2s1. The third kappa shape index (κ3) is 1.01. The van der Waals surface area contributed by atoms with E-state index in [0.29, 0.717) is 5.52 Å². The van der Waals surface area contributed by atoms with Gasteiger partial charge in [0.15, 0.2) is 0 Å². The number of hydrogen-bond donors (Lipinski definition) is 1. The minimum absolute atomic E-state index is 0.129. The van der Waals surface area contributed by atoms with Crippen LogP contribution in [0.5, 0.6) is 0 Å². The molecule has 0 bridgehead atoms.